The van der Waals surface area contributed by atoms with Gasteiger partial charge < -0.3 is 20.3 Å². The van der Waals surface area contributed by atoms with Gasteiger partial charge in [0.25, 0.3) is 5.56 Å². The van der Waals surface area contributed by atoms with Gasteiger partial charge in [-0.2, -0.15) is 0 Å². The number of methoxy groups -OCH3 is 1. The number of carbonyl (C=O) groups is 1. The molecule has 0 aliphatic carbocycles. The molecule has 1 amide bonds. The molecule has 0 saturated carbocycles. The van der Waals surface area contributed by atoms with E-state index in [1.54, 1.807) is 16.9 Å². The molecule has 9 nitrogen and oxygen atoms in total. The van der Waals surface area contributed by atoms with Gasteiger partial charge in [0.1, 0.15) is 17.3 Å². The number of nitrogens with one attached hydrogen (secondary N) is 1. The number of nitrogens with zero attached hydrogens (tertiary/aromatic N) is 3. The lowest BCUT2D eigenvalue weighted by molar-refractivity contribution is -0.117. The van der Waals surface area contributed by atoms with Crippen molar-refractivity contribution in [1.29, 1.82) is 0 Å². The maximum Gasteiger partial charge on any atom is 0.330 e. The molecular weight excluding hydrogens is 458 g/mol. The number of ether oxygens (including phenoxy) is 1. The number of anilines is 3. The number of amides is 1. The number of benzene rings is 2. The molecule has 3 aromatic rings. The van der Waals surface area contributed by atoms with E-state index in [1.165, 1.54) is 4.57 Å². The van der Waals surface area contributed by atoms with Crippen LogP contribution in [0, 0.1) is 0 Å². The summed E-state index contributed by atoms with van der Waals surface area (Å²) in [7, 11) is 1.62. The van der Waals surface area contributed by atoms with Crippen molar-refractivity contribution in [2.24, 2.45) is 0 Å². The number of fused-ring (bicyclic) bond motifs is 1. The molecule has 0 radical (unpaired) electrons. The van der Waals surface area contributed by atoms with Crippen LogP contribution in [0.2, 0.25) is 0 Å². The molecule has 1 aliphatic heterocycles. The minimum Gasteiger partial charge on any atom is -0.497 e. The molecule has 190 valence electrons. The summed E-state index contributed by atoms with van der Waals surface area (Å²) in [6, 6.07) is 15.3. The molecule has 0 fully saturated rings. The number of nitrogens with two attached hydrogens (primary N) is 1. The summed E-state index contributed by atoms with van der Waals surface area (Å²) in [6.07, 6.45) is 3.29. The third-order valence-electron chi connectivity index (χ3n) is 6.51. The van der Waals surface area contributed by atoms with E-state index in [2.05, 4.69) is 4.98 Å². The van der Waals surface area contributed by atoms with Gasteiger partial charge in [-0.15, -0.1) is 0 Å². The van der Waals surface area contributed by atoms with Crippen molar-refractivity contribution in [3.63, 3.8) is 0 Å². The lowest BCUT2D eigenvalue weighted by atomic mass is 10.0. The molecule has 0 atom stereocenters. The largest absolute Gasteiger partial charge is 0.497 e. The highest BCUT2D eigenvalue weighted by Crippen LogP contribution is 2.31. The number of hydrogen-bond acceptors (Lipinski definition) is 6. The highest BCUT2D eigenvalue weighted by Gasteiger charge is 2.27. The zero-order chi connectivity index (χ0) is 25.7. The number of carbonyl (C=O) groups excluding carboxylic acids is 1. The number of hydrogen-bond donors (Lipinski definition) is 2. The summed E-state index contributed by atoms with van der Waals surface area (Å²) in [5, 5.41) is 0. The van der Waals surface area contributed by atoms with Crippen molar-refractivity contribution in [3.8, 4) is 5.75 Å². The van der Waals surface area contributed by atoms with E-state index < -0.39 is 11.2 Å². The molecule has 2 heterocycles. The van der Waals surface area contributed by atoms with Gasteiger partial charge in [-0.1, -0.05) is 43.7 Å². The number of H-pyrrole nitrogens is 1. The Labute approximate surface area is 210 Å². The molecule has 1 aliphatic rings. The van der Waals surface area contributed by atoms with Crippen molar-refractivity contribution < 1.29 is 9.53 Å². The molecule has 0 bridgehead atoms. The molecule has 0 unspecified atom stereocenters. The fourth-order valence-electron chi connectivity index (χ4n) is 4.65. The zero-order valence-corrected chi connectivity index (χ0v) is 20.8. The molecule has 1 aromatic heterocycles. The number of nitrogen functional groups attached to an aromatic ring is 1. The Morgan fingerprint density at radius 3 is 2.67 bits per heavy atom. The monoisotopic (exact) mass is 491 g/mol. The SMILES string of the molecule is CCCCn1c(N)c(N(CC(=O)N2CCCc3cc(OC)ccc32)Cc2ccccc2)c(=O)[nH]c1=O. The van der Waals surface area contributed by atoms with Gasteiger partial charge >= 0.3 is 5.69 Å². The molecule has 3 N–H and O–H groups in total. The second kappa shape index (κ2) is 11.2. The van der Waals surface area contributed by atoms with Crippen LogP contribution in [0.15, 0.2) is 58.1 Å². The van der Waals surface area contributed by atoms with Crippen molar-refractivity contribution in [2.45, 2.75) is 45.7 Å². The Balaban J connectivity index is 1.71. The van der Waals surface area contributed by atoms with Gasteiger partial charge in [0, 0.05) is 25.3 Å². The number of aromatic amines is 1. The Hall–Kier alpha value is -4.01. The lowest BCUT2D eigenvalue weighted by Crippen LogP contribution is -2.45. The molecule has 9 heteroatoms. The standard InChI is InChI=1S/C27H33N5O4/c1-3-4-14-32-25(28)24(26(34)29-27(32)35)30(17-19-9-6-5-7-10-19)18-23(33)31-15-8-11-20-16-21(36-2)12-13-22(20)31/h5-7,9-10,12-13,16H,3-4,8,11,14-15,17-18,28H2,1-2H3,(H,29,34,35). The van der Waals surface area contributed by atoms with Crippen molar-refractivity contribution >= 4 is 23.1 Å². The normalized spacial score (nSPS) is 12.8. The molecule has 0 saturated heterocycles. The van der Waals surface area contributed by atoms with E-state index in [4.69, 9.17) is 10.5 Å². The van der Waals surface area contributed by atoms with Crippen LogP contribution in [0.1, 0.15) is 37.3 Å². The number of rotatable bonds is 9. The second-order valence-electron chi connectivity index (χ2n) is 8.98. The van der Waals surface area contributed by atoms with Gasteiger partial charge in [0.05, 0.1) is 13.7 Å². The van der Waals surface area contributed by atoms with Crippen LogP contribution < -0.4 is 31.5 Å². The fraction of sp³-hybridized carbons (Fsp3) is 0.370. The Bertz CT molecular complexity index is 1330. The topological polar surface area (TPSA) is 114 Å². The highest BCUT2D eigenvalue weighted by atomic mass is 16.5. The van der Waals surface area contributed by atoms with Crippen LogP contribution in [0.5, 0.6) is 5.75 Å². The van der Waals surface area contributed by atoms with E-state index in [0.29, 0.717) is 13.1 Å². The van der Waals surface area contributed by atoms with Crippen molar-refractivity contribution in [2.75, 3.05) is 35.7 Å². The minimum atomic E-state index is -0.599. The van der Waals surface area contributed by atoms with Gasteiger partial charge in [-0.05, 0) is 48.6 Å². The average Bonchev–Trinajstić information content (AvgIpc) is 2.88. The third kappa shape index (κ3) is 5.30. The minimum absolute atomic E-state index is 0.0698. The predicted octanol–water partition coefficient (Wildman–Crippen LogP) is 2.91. The quantitative estimate of drug-likeness (QED) is 0.476. The first-order valence-corrected chi connectivity index (χ1v) is 12.3. The Morgan fingerprint density at radius 2 is 1.94 bits per heavy atom. The summed E-state index contributed by atoms with van der Waals surface area (Å²) in [4.78, 5) is 45.0. The summed E-state index contributed by atoms with van der Waals surface area (Å²) in [6.45, 7) is 3.20. The van der Waals surface area contributed by atoms with Gasteiger partial charge in [-0.25, -0.2) is 4.79 Å². The first-order valence-electron chi connectivity index (χ1n) is 12.3. The van der Waals surface area contributed by atoms with E-state index >= 15 is 0 Å². The maximum absolute atomic E-state index is 13.7. The van der Waals surface area contributed by atoms with Crippen molar-refractivity contribution in [3.05, 3.63) is 80.5 Å². The van der Waals surface area contributed by atoms with Crippen LogP contribution in [0.3, 0.4) is 0 Å². The van der Waals surface area contributed by atoms with Gasteiger partial charge in [0.2, 0.25) is 5.91 Å². The summed E-state index contributed by atoms with van der Waals surface area (Å²) < 4.78 is 6.73. The predicted molar refractivity (Wildman–Crippen MR) is 142 cm³/mol. The first-order chi connectivity index (χ1) is 17.4. The number of aryl methyl sites for hydroxylation is 1. The van der Waals surface area contributed by atoms with Crippen LogP contribution >= 0.6 is 0 Å². The molecule has 2 aromatic carbocycles. The smallest absolute Gasteiger partial charge is 0.330 e. The van der Waals surface area contributed by atoms with Crippen LogP contribution in [0.25, 0.3) is 0 Å². The Morgan fingerprint density at radius 1 is 1.17 bits per heavy atom. The maximum atomic E-state index is 13.7. The second-order valence-corrected chi connectivity index (χ2v) is 8.98. The zero-order valence-electron chi connectivity index (χ0n) is 20.8. The van der Waals surface area contributed by atoms with Crippen molar-refractivity contribution in [1.82, 2.24) is 9.55 Å². The van der Waals surface area contributed by atoms with Crippen LogP contribution in [-0.2, 0) is 24.3 Å². The Kier molecular flexibility index (Phi) is 7.77. The van der Waals surface area contributed by atoms with Gasteiger partial charge in [-0.3, -0.25) is 19.1 Å². The van der Waals surface area contributed by atoms with Crippen LogP contribution in [0.4, 0.5) is 17.2 Å². The molecule has 36 heavy (non-hydrogen) atoms. The van der Waals surface area contributed by atoms with E-state index in [-0.39, 0.29) is 30.5 Å². The highest BCUT2D eigenvalue weighted by molar-refractivity contribution is 5.98. The number of unbranched alkanes of at least 4 members (excludes halogenated alkanes) is 1. The van der Waals surface area contributed by atoms with E-state index in [0.717, 1.165) is 48.2 Å². The summed E-state index contributed by atoms with van der Waals surface area (Å²) in [5.41, 5.74) is 8.21. The molecule has 4 rings (SSSR count). The fourth-order valence-corrected chi connectivity index (χ4v) is 4.65. The summed E-state index contributed by atoms with van der Waals surface area (Å²) >= 11 is 0. The van der Waals surface area contributed by atoms with Gasteiger partial charge in [0.15, 0.2) is 0 Å². The summed E-state index contributed by atoms with van der Waals surface area (Å²) in [5.74, 6) is 0.675. The third-order valence-corrected chi connectivity index (χ3v) is 6.51. The molecular formula is C27H33N5O4. The van der Waals surface area contributed by atoms with E-state index in [1.807, 2.05) is 55.5 Å². The van der Waals surface area contributed by atoms with Crippen LogP contribution in [-0.4, -0.2) is 35.7 Å². The number of aromatic nitrogens is 2. The molecule has 0 spiro atoms. The first kappa shape index (κ1) is 25.1. The average molecular weight is 492 g/mol. The van der Waals surface area contributed by atoms with E-state index in [9.17, 15) is 14.4 Å². The lowest BCUT2D eigenvalue weighted by Gasteiger charge is -2.33.